The molecule has 0 amide bonds. The molecule has 1 aromatic heterocycles. The van der Waals surface area contributed by atoms with Crippen LogP contribution in [-0.2, 0) is 0 Å². The zero-order chi connectivity index (χ0) is 15.7. The van der Waals surface area contributed by atoms with Gasteiger partial charge in [-0.3, -0.25) is 4.98 Å². The molecule has 0 aliphatic heterocycles. The number of carboxylic acid groups (broad SMARTS) is 1. The van der Waals surface area contributed by atoms with E-state index in [1.165, 1.54) is 6.20 Å². The van der Waals surface area contributed by atoms with Crippen molar-refractivity contribution in [3.05, 3.63) is 34.4 Å². The van der Waals surface area contributed by atoms with Gasteiger partial charge in [-0.2, -0.15) is 0 Å². The number of benzene rings is 1. The molecular formula is C16H18BrN3O2. The quantitative estimate of drug-likeness (QED) is 0.777. The first-order valence-corrected chi connectivity index (χ1v) is 8.17. The second-order valence-electron chi connectivity index (χ2n) is 5.77. The van der Waals surface area contributed by atoms with Crippen LogP contribution >= 0.6 is 15.9 Å². The molecule has 1 heterocycles. The molecule has 3 rings (SSSR count). The minimum Gasteiger partial charge on any atom is -0.478 e. The molecule has 0 spiro atoms. The van der Waals surface area contributed by atoms with Crippen LogP contribution in [0.1, 0.15) is 36.0 Å². The summed E-state index contributed by atoms with van der Waals surface area (Å²) in [6.07, 6.45) is 5.27. The van der Waals surface area contributed by atoms with E-state index in [4.69, 9.17) is 5.73 Å². The standard InChI is InChI=1S/C16H18BrN3O2/c17-9-1-6-14-12(7-9)15(13(8-19-14)16(21)22)20-11-4-2-10(18)3-5-11/h1,6-8,10-11H,2-5,18H2,(H,19,20)(H,21,22)/t10-,11+. The number of nitrogens with zero attached hydrogens (tertiary/aromatic N) is 1. The van der Waals surface area contributed by atoms with Crippen molar-refractivity contribution in [1.82, 2.24) is 4.98 Å². The molecule has 0 bridgehead atoms. The highest BCUT2D eigenvalue weighted by Crippen LogP contribution is 2.31. The molecule has 6 heteroatoms. The summed E-state index contributed by atoms with van der Waals surface area (Å²) in [5, 5.41) is 13.7. The Kier molecular flexibility index (Phi) is 4.31. The van der Waals surface area contributed by atoms with E-state index in [1.54, 1.807) is 0 Å². The summed E-state index contributed by atoms with van der Waals surface area (Å²) in [4.78, 5) is 15.8. The Morgan fingerprint density at radius 2 is 2.05 bits per heavy atom. The topological polar surface area (TPSA) is 88.2 Å². The minimum absolute atomic E-state index is 0.209. The van der Waals surface area contributed by atoms with Gasteiger partial charge < -0.3 is 16.2 Å². The number of rotatable bonds is 3. The summed E-state index contributed by atoms with van der Waals surface area (Å²) < 4.78 is 0.901. The lowest BCUT2D eigenvalue weighted by molar-refractivity contribution is 0.0697. The molecule has 22 heavy (non-hydrogen) atoms. The van der Waals surface area contributed by atoms with Crippen LogP contribution in [0.3, 0.4) is 0 Å². The zero-order valence-corrected chi connectivity index (χ0v) is 13.6. The van der Waals surface area contributed by atoms with Crippen LogP contribution < -0.4 is 11.1 Å². The van der Waals surface area contributed by atoms with E-state index in [0.717, 1.165) is 41.1 Å². The Morgan fingerprint density at radius 1 is 1.32 bits per heavy atom. The number of aromatic carboxylic acids is 1. The summed E-state index contributed by atoms with van der Waals surface area (Å²) in [6, 6.07) is 6.21. The molecule has 116 valence electrons. The number of fused-ring (bicyclic) bond motifs is 1. The molecule has 1 aromatic carbocycles. The predicted octanol–water partition coefficient (Wildman–Crippen LogP) is 3.38. The summed E-state index contributed by atoms with van der Waals surface area (Å²) in [7, 11) is 0. The highest BCUT2D eigenvalue weighted by atomic mass is 79.9. The van der Waals surface area contributed by atoms with Crippen LogP contribution in [0, 0.1) is 0 Å². The van der Waals surface area contributed by atoms with E-state index in [2.05, 4.69) is 26.2 Å². The molecule has 1 aliphatic rings. The molecular weight excluding hydrogens is 346 g/mol. The molecule has 1 saturated carbocycles. The number of aromatic nitrogens is 1. The summed E-state index contributed by atoms with van der Waals surface area (Å²) in [5.74, 6) is -0.968. The number of nitrogens with two attached hydrogens (primary N) is 1. The highest BCUT2D eigenvalue weighted by Gasteiger charge is 2.22. The summed E-state index contributed by atoms with van der Waals surface area (Å²) in [6.45, 7) is 0. The van der Waals surface area contributed by atoms with Crippen LogP contribution in [0.4, 0.5) is 5.69 Å². The number of halogens is 1. The first kappa shape index (κ1) is 15.2. The molecule has 0 atom stereocenters. The third-order valence-electron chi connectivity index (χ3n) is 4.18. The Balaban J connectivity index is 2.02. The van der Waals surface area contributed by atoms with Gasteiger partial charge in [0.15, 0.2) is 0 Å². The van der Waals surface area contributed by atoms with Gasteiger partial charge in [0.05, 0.1) is 11.2 Å². The van der Waals surface area contributed by atoms with Crippen molar-refractivity contribution < 1.29 is 9.90 Å². The average Bonchev–Trinajstić information content (AvgIpc) is 2.49. The third kappa shape index (κ3) is 3.08. The van der Waals surface area contributed by atoms with Crippen LogP contribution in [0.25, 0.3) is 10.9 Å². The van der Waals surface area contributed by atoms with Crippen molar-refractivity contribution >= 4 is 38.5 Å². The maximum Gasteiger partial charge on any atom is 0.339 e. The largest absolute Gasteiger partial charge is 0.478 e. The summed E-state index contributed by atoms with van der Waals surface area (Å²) >= 11 is 3.44. The van der Waals surface area contributed by atoms with E-state index in [-0.39, 0.29) is 17.6 Å². The normalized spacial score (nSPS) is 21.7. The highest BCUT2D eigenvalue weighted by molar-refractivity contribution is 9.10. The number of pyridine rings is 1. The van der Waals surface area contributed by atoms with Crippen LogP contribution in [-0.4, -0.2) is 28.1 Å². The van der Waals surface area contributed by atoms with Gasteiger partial charge in [0.1, 0.15) is 5.56 Å². The Bertz CT molecular complexity index is 712. The van der Waals surface area contributed by atoms with E-state index < -0.39 is 5.97 Å². The fourth-order valence-corrected chi connectivity index (χ4v) is 3.31. The second kappa shape index (κ2) is 6.22. The van der Waals surface area contributed by atoms with Gasteiger partial charge in [-0.05, 0) is 43.9 Å². The van der Waals surface area contributed by atoms with Crippen LogP contribution in [0.2, 0.25) is 0 Å². The Hall–Kier alpha value is -1.66. The molecule has 1 fully saturated rings. The van der Waals surface area contributed by atoms with Crippen molar-refractivity contribution in [1.29, 1.82) is 0 Å². The van der Waals surface area contributed by atoms with Crippen molar-refractivity contribution in [2.45, 2.75) is 37.8 Å². The SMILES string of the molecule is N[C@H]1CC[C@@H](Nc2c(C(=O)O)cnc3ccc(Br)cc23)CC1. The molecule has 5 nitrogen and oxygen atoms in total. The predicted molar refractivity (Wildman–Crippen MR) is 90.3 cm³/mol. The van der Waals surface area contributed by atoms with Gasteiger partial charge in [0, 0.05) is 28.1 Å². The molecule has 2 aromatic rings. The lowest BCUT2D eigenvalue weighted by Gasteiger charge is -2.28. The Labute approximate surface area is 137 Å². The van der Waals surface area contributed by atoms with Gasteiger partial charge in [-0.1, -0.05) is 15.9 Å². The minimum atomic E-state index is -0.968. The van der Waals surface area contributed by atoms with Crippen molar-refractivity contribution in [2.75, 3.05) is 5.32 Å². The molecule has 0 saturated heterocycles. The van der Waals surface area contributed by atoms with Crippen molar-refractivity contribution in [2.24, 2.45) is 5.73 Å². The molecule has 1 aliphatic carbocycles. The number of hydrogen-bond acceptors (Lipinski definition) is 4. The number of nitrogens with one attached hydrogen (secondary N) is 1. The van der Waals surface area contributed by atoms with Crippen LogP contribution in [0.5, 0.6) is 0 Å². The van der Waals surface area contributed by atoms with Crippen molar-refractivity contribution in [3.8, 4) is 0 Å². The van der Waals surface area contributed by atoms with Gasteiger partial charge in [-0.25, -0.2) is 4.79 Å². The van der Waals surface area contributed by atoms with Gasteiger partial charge in [-0.15, -0.1) is 0 Å². The maximum absolute atomic E-state index is 11.5. The van der Waals surface area contributed by atoms with E-state index >= 15 is 0 Å². The van der Waals surface area contributed by atoms with Gasteiger partial charge >= 0.3 is 5.97 Å². The molecule has 4 N–H and O–H groups in total. The van der Waals surface area contributed by atoms with Crippen molar-refractivity contribution in [3.63, 3.8) is 0 Å². The smallest absolute Gasteiger partial charge is 0.339 e. The number of anilines is 1. The van der Waals surface area contributed by atoms with E-state index in [1.807, 2.05) is 18.2 Å². The molecule has 0 radical (unpaired) electrons. The second-order valence-corrected chi connectivity index (χ2v) is 6.69. The van der Waals surface area contributed by atoms with Gasteiger partial charge in [0.25, 0.3) is 0 Å². The Morgan fingerprint density at radius 3 is 2.73 bits per heavy atom. The summed E-state index contributed by atoms with van der Waals surface area (Å²) in [5.41, 5.74) is 7.58. The fraction of sp³-hybridized carbons (Fsp3) is 0.375. The third-order valence-corrected chi connectivity index (χ3v) is 4.67. The number of hydrogen-bond donors (Lipinski definition) is 3. The lowest BCUT2D eigenvalue weighted by atomic mass is 9.91. The number of carbonyl (C=O) groups is 1. The van der Waals surface area contributed by atoms with Gasteiger partial charge in [0.2, 0.25) is 0 Å². The fourth-order valence-electron chi connectivity index (χ4n) is 2.95. The zero-order valence-electron chi connectivity index (χ0n) is 12.1. The first-order valence-electron chi connectivity index (χ1n) is 7.38. The van der Waals surface area contributed by atoms with Crippen LogP contribution in [0.15, 0.2) is 28.9 Å². The molecule has 0 unspecified atom stereocenters. The number of carboxylic acids is 1. The van der Waals surface area contributed by atoms with E-state index in [0.29, 0.717) is 5.69 Å². The first-order chi connectivity index (χ1) is 10.5. The average molecular weight is 364 g/mol. The lowest BCUT2D eigenvalue weighted by Crippen LogP contribution is -2.33. The van der Waals surface area contributed by atoms with E-state index in [9.17, 15) is 9.90 Å². The monoisotopic (exact) mass is 363 g/mol. The maximum atomic E-state index is 11.5.